The average molecular weight is 439 g/mol. The molecule has 2 aromatic rings. The summed E-state index contributed by atoms with van der Waals surface area (Å²) in [4.78, 5) is 0. The minimum atomic E-state index is -0.985. The predicted molar refractivity (Wildman–Crippen MR) is 124 cm³/mol. The first-order chi connectivity index (χ1) is 15.6. The maximum atomic E-state index is 15.1. The molecule has 0 radical (unpaired) electrons. The van der Waals surface area contributed by atoms with Gasteiger partial charge >= 0.3 is 0 Å². The number of fused-ring (bicyclic) bond motifs is 1. The molecule has 170 valence electrons. The second-order valence-corrected chi connectivity index (χ2v) is 9.70. The van der Waals surface area contributed by atoms with Gasteiger partial charge in [0.05, 0.1) is 11.1 Å². The highest BCUT2D eigenvalue weighted by molar-refractivity contribution is 5.48. The molecule has 1 saturated carbocycles. The molecular weight excluding hydrogens is 405 g/mol. The molecule has 0 saturated heterocycles. The van der Waals surface area contributed by atoms with Crippen LogP contribution >= 0.6 is 0 Å². The minimum absolute atomic E-state index is 0.0486. The highest BCUT2D eigenvalue weighted by Crippen LogP contribution is 2.41. The summed E-state index contributed by atoms with van der Waals surface area (Å²) < 4.78 is 42.3. The quantitative estimate of drug-likeness (QED) is 0.328. The number of unbranched alkanes of at least 4 members (excludes halogenated alkanes) is 2. The van der Waals surface area contributed by atoms with E-state index in [1.165, 1.54) is 63.5 Å². The Hall–Kier alpha value is -2.21. The van der Waals surface area contributed by atoms with Crippen molar-refractivity contribution >= 4 is 0 Å². The van der Waals surface area contributed by atoms with Crippen LogP contribution in [0.4, 0.5) is 13.2 Å². The topological polar surface area (TPSA) is 0 Å². The predicted octanol–water partition coefficient (Wildman–Crippen LogP) is 8.00. The van der Waals surface area contributed by atoms with E-state index in [4.69, 9.17) is 0 Å². The van der Waals surface area contributed by atoms with Crippen LogP contribution in [-0.4, -0.2) is 0 Å². The van der Waals surface area contributed by atoms with Gasteiger partial charge in [0.2, 0.25) is 0 Å². The summed E-state index contributed by atoms with van der Waals surface area (Å²) in [5.41, 5.74) is 2.08. The maximum absolute atomic E-state index is 15.1. The van der Waals surface area contributed by atoms with Crippen molar-refractivity contribution < 1.29 is 13.2 Å². The van der Waals surface area contributed by atoms with E-state index in [0.717, 1.165) is 48.3 Å². The molecule has 4 rings (SSSR count). The molecule has 1 fully saturated rings. The van der Waals surface area contributed by atoms with Crippen molar-refractivity contribution in [2.45, 2.75) is 77.6 Å². The van der Waals surface area contributed by atoms with E-state index in [-0.39, 0.29) is 16.9 Å². The monoisotopic (exact) mass is 438 g/mol. The molecule has 0 aromatic heterocycles. The molecular formula is C29H33F3. The van der Waals surface area contributed by atoms with Gasteiger partial charge in [-0.2, -0.15) is 0 Å². The van der Waals surface area contributed by atoms with Crippen molar-refractivity contribution in [1.82, 2.24) is 0 Å². The first kappa shape index (κ1) is 23.0. The van der Waals surface area contributed by atoms with Gasteiger partial charge in [0.1, 0.15) is 5.82 Å². The molecule has 1 atom stereocenters. The van der Waals surface area contributed by atoms with E-state index in [1.54, 1.807) is 6.07 Å². The third-order valence-corrected chi connectivity index (χ3v) is 7.64. The van der Waals surface area contributed by atoms with E-state index >= 15 is 4.39 Å². The van der Waals surface area contributed by atoms with Crippen molar-refractivity contribution in [3.05, 3.63) is 70.0 Å². The smallest absolute Gasteiger partial charge is 0.174 e. The lowest BCUT2D eigenvalue weighted by Gasteiger charge is -2.36. The Bertz CT molecular complexity index is 989. The Morgan fingerprint density at radius 1 is 0.812 bits per heavy atom. The van der Waals surface area contributed by atoms with Crippen molar-refractivity contribution in [3.63, 3.8) is 0 Å². The Balaban J connectivity index is 1.40. The van der Waals surface area contributed by atoms with Crippen LogP contribution < -0.4 is 0 Å². The molecule has 2 aromatic carbocycles. The fourth-order valence-corrected chi connectivity index (χ4v) is 5.70. The largest absolute Gasteiger partial charge is 0.205 e. The Morgan fingerprint density at radius 3 is 2.31 bits per heavy atom. The Kier molecular flexibility index (Phi) is 7.61. The van der Waals surface area contributed by atoms with Crippen LogP contribution in [0.1, 0.15) is 87.0 Å². The van der Waals surface area contributed by atoms with Gasteiger partial charge in [0, 0.05) is 0 Å². The molecule has 3 heteroatoms. The summed E-state index contributed by atoms with van der Waals surface area (Å²) in [7, 11) is 0. The van der Waals surface area contributed by atoms with Crippen molar-refractivity contribution in [2.75, 3.05) is 0 Å². The molecule has 0 aliphatic heterocycles. The zero-order chi connectivity index (χ0) is 22.5. The van der Waals surface area contributed by atoms with Crippen LogP contribution in [-0.2, 0) is 12.8 Å². The number of rotatable bonds is 5. The van der Waals surface area contributed by atoms with Gasteiger partial charge in [0.25, 0.3) is 0 Å². The highest BCUT2D eigenvalue weighted by atomic mass is 19.2. The number of halogens is 3. The maximum Gasteiger partial charge on any atom is 0.174 e. The molecule has 32 heavy (non-hydrogen) atoms. The molecule has 2 aliphatic carbocycles. The second-order valence-electron chi connectivity index (χ2n) is 9.70. The fourth-order valence-electron chi connectivity index (χ4n) is 5.70. The SMILES string of the molecule is CCCCCC1CCC(C2CCc3c(ccc(C#Cc4cccc(F)c4F)c3F)C2)CC1. The van der Waals surface area contributed by atoms with Gasteiger partial charge in [0.15, 0.2) is 11.6 Å². The van der Waals surface area contributed by atoms with E-state index < -0.39 is 11.6 Å². The number of benzene rings is 2. The van der Waals surface area contributed by atoms with Crippen molar-refractivity contribution in [1.29, 1.82) is 0 Å². The molecule has 0 amide bonds. The van der Waals surface area contributed by atoms with Crippen LogP contribution in [0.2, 0.25) is 0 Å². The summed E-state index contributed by atoms with van der Waals surface area (Å²) in [5.74, 6) is 5.43. The van der Waals surface area contributed by atoms with Gasteiger partial charge < -0.3 is 0 Å². The Labute approximate surface area is 190 Å². The van der Waals surface area contributed by atoms with E-state index in [1.807, 2.05) is 6.07 Å². The summed E-state index contributed by atoms with van der Waals surface area (Å²) in [6.07, 6.45) is 13.5. The number of hydrogen-bond donors (Lipinski definition) is 0. The van der Waals surface area contributed by atoms with Crippen molar-refractivity contribution in [2.24, 2.45) is 17.8 Å². The summed E-state index contributed by atoms with van der Waals surface area (Å²) >= 11 is 0. The highest BCUT2D eigenvalue weighted by Gasteiger charge is 2.31. The molecule has 0 bridgehead atoms. The Morgan fingerprint density at radius 2 is 1.56 bits per heavy atom. The zero-order valence-corrected chi connectivity index (χ0v) is 19.0. The summed E-state index contributed by atoms with van der Waals surface area (Å²) in [5, 5.41) is 0. The lowest BCUT2D eigenvalue weighted by Crippen LogP contribution is -2.27. The number of hydrogen-bond acceptors (Lipinski definition) is 0. The van der Waals surface area contributed by atoms with E-state index in [0.29, 0.717) is 5.92 Å². The normalized spacial score (nSPS) is 22.7. The van der Waals surface area contributed by atoms with E-state index in [9.17, 15) is 8.78 Å². The molecule has 2 aliphatic rings. The third kappa shape index (κ3) is 5.22. The van der Waals surface area contributed by atoms with Crippen LogP contribution in [0.5, 0.6) is 0 Å². The molecule has 0 N–H and O–H groups in total. The van der Waals surface area contributed by atoms with Crippen LogP contribution in [0.3, 0.4) is 0 Å². The molecule has 0 nitrogen and oxygen atoms in total. The molecule has 0 heterocycles. The van der Waals surface area contributed by atoms with Crippen LogP contribution in [0, 0.1) is 47.0 Å². The average Bonchev–Trinajstić information content (AvgIpc) is 2.81. The van der Waals surface area contributed by atoms with E-state index in [2.05, 4.69) is 18.8 Å². The van der Waals surface area contributed by atoms with Crippen LogP contribution in [0.25, 0.3) is 0 Å². The van der Waals surface area contributed by atoms with Gasteiger partial charge in [-0.05, 0) is 79.2 Å². The second kappa shape index (κ2) is 10.6. The molecule has 1 unspecified atom stereocenters. The summed E-state index contributed by atoms with van der Waals surface area (Å²) in [6, 6.07) is 7.56. The molecule has 0 spiro atoms. The zero-order valence-electron chi connectivity index (χ0n) is 19.0. The third-order valence-electron chi connectivity index (χ3n) is 7.64. The minimum Gasteiger partial charge on any atom is -0.205 e. The van der Waals surface area contributed by atoms with Gasteiger partial charge in [-0.1, -0.05) is 69.4 Å². The first-order valence-corrected chi connectivity index (χ1v) is 12.3. The van der Waals surface area contributed by atoms with Gasteiger partial charge in [-0.3, -0.25) is 0 Å². The van der Waals surface area contributed by atoms with Crippen LogP contribution in [0.15, 0.2) is 30.3 Å². The lowest BCUT2D eigenvalue weighted by atomic mass is 9.69. The van der Waals surface area contributed by atoms with Gasteiger partial charge in [-0.25, -0.2) is 13.2 Å². The van der Waals surface area contributed by atoms with Gasteiger partial charge in [-0.15, -0.1) is 0 Å². The lowest BCUT2D eigenvalue weighted by molar-refractivity contribution is 0.182. The van der Waals surface area contributed by atoms with Crippen molar-refractivity contribution in [3.8, 4) is 11.8 Å². The first-order valence-electron chi connectivity index (χ1n) is 12.3. The summed E-state index contributed by atoms with van der Waals surface area (Å²) in [6.45, 7) is 2.26. The fraction of sp³-hybridized carbons (Fsp3) is 0.517. The standard InChI is InChI=1S/C29H33F3/c1-2-3-4-6-20-9-11-21(12-10-20)24-17-18-26-25(19-24)16-15-23(28(26)31)14-13-22-7-5-8-27(30)29(22)32/h5,7-8,15-16,20-21,24H,2-4,6,9-12,17-19H2,1H3.